The number of ketones is 1. The monoisotopic (exact) mass is 361 g/mol. The van der Waals surface area contributed by atoms with Gasteiger partial charge in [-0.15, -0.1) is 23.1 Å². The van der Waals surface area contributed by atoms with Gasteiger partial charge in [-0.1, -0.05) is 17.7 Å². The van der Waals surface area contributed by atoms with Gasteiger partial charge in [0, 0.05) is 22.7 Å². The number of thiophene rings is 1. The Morgan fingerprint density at radius 3 is 2.43 bits per heavy atom. The molecule has 1 aromatic carbocycles. The van der Waals surface area contributed by atoms with Crippen molar-refractivity contribution >= 4 is 46.2 Å². The average Bonchev–Trinajstić information content (AvgIpc) is 2.92. The molecule has 6 heteroatoms. The van der Waals surface area contributed by atoms with Gasteiger partial charge < -0.3 is 5.73 Å². The minimum Gasteiger partial charge on any atom is -0.392 e. The number of nitrogen functional groups attached to an aromatic ring is 1. The Kier molecular flexibility index (Phi) is 4.71. The predicted octanol–water partition coefficient (Wildman–Crippen LogP) is 4.21. The second-order valence-corrected chi connectivity index (χ2v) is 7.34. The number of hydrogen-bond donors (Lipinski definition) is 1. The van der Waals surface area contributed by atoms with Crippen molar-refractivity contribution in [3.05, 3.63) is 70.3 Å². The van der Waals surface area contributed by atoms with E-state index in [0.717, 1.165) is 9.90 Å². The number of aromatic nitrogens is 1. The van der Waals surface area contributed by atoms with Crippen LogP contribution in [0.5, 0.6) is 0 Å². The highest BCUT2D eigenvalue weighted by Gasteiger charge is 2.27. The molecule has 0 bridgehead atoms. The Labute approximate surface area is 147 Å². The summed E-state index contributed by atoms with van der Waals surface area (Å²) in [6, 6.07) is 12.7. The molecule has 2 N–H and O–H groups in total. The van der Waals surface area contributed by atoms with Crippen molar-refractivity contribution in [2.45, 2.75) is 4.21 Å². The molecule has 3 rings (SSSR count). The van der Waals surface area contributed by atoms with Crippen LogP contribution in [0.25, 0.3) is 5.69 Å². The van der Waals surface area contributed by atoms with Gasteiger partial charge in [0.05, 0.1) is 0 Å². The van der Waals surface area contributed by atoms with Crippen LogP contribution in [0.3, 0.4) is 0 Å². The molecule has 0 unspecified atom stereocenters. The van der Waals surface area contributed by atoms with E-state index in [9.17, 15) is 4.79 Å². The average molecular weight is 362 g/mol. The topological polar surface area (TPSA) is 47.0 Å². The molecule has 0 saturated heterocycles. The number of carbonyl (C=O) groups is 1. The Balaban J connectivity index is 2.09. The van der Waals surface area contributed by atoms with E-state index < -0.39 is 0 Å². The number of pyridine rings is 1. The summed E-state index contributed by atoms with van der Waals surface area (Å²) in [5.74, 6) is -0.0813. The molecule has 0 spiro atoms. The summed E-state index contributed by atoms with van der Waals surface area (Å²) in [6.07, 6.45) is 5.83. The summed E-state index contributed by atoms with van der Waals surface area (Å²) in [5, 5.41) is 0.603. The van der Waals surface area contributed by atoms with E-state index in [0.29, 0.717) is 21.2 Å². The summed E-state index contributed by atoms with van der Waals surface area (Å²) in [7, 11) is 0. The molecule has 0 amide bonds. The van der Waals surface area contributed by atoms with Crippen molar-refractivity contribution in [1.82, 2.24) is 0 Å². The number of anilines is 1. The minimum absolute atomic E-state index is 0.0813. The number of nitrogens with two attached hydrogens (primary N) is 1. The zero-order valence-corrected chi connectivity index (χ0v) is 14.7. The van der Waals surface area contributed by atoms with E-state index >= 15 is 0 Å². The van der Waals surface area contributed by atoms with Gasteiger partial charge in [-0.25, -0.2) is 0 Å². The van der Waals surface area contributed by atoms with Gasteiger partial charge in [-0.2, -0.15) is 4.57 Å². The number of halogens is 1. The lowest BCUT2D eigenvalue weighted by Gasteiger charge is -2.00. The molecule has 3 aromatic rings. The number of thioether (sulfide) groups is 1. The van der Waals surface area contributed by atoms with Crippen LogP contribution in [0, 0.1) is 0 Å². The van der Waals surface area contributed by atoms with Crippen LogP contribution in [-0.2, 0) is 0 Å². The maximum Gasteiger partial charge on any atom is 0.259 e. The minimum atomic E-state index is -0.0813. The molecule has 0 atom stereocenters. The molecule has 0 aliphatic carbocycles. The molecule has 2 heterocycles. The van der Waals surface area contributed by atoms with Gasteiger partial charge in [-0.05, 0) is 30.5 Å². The normalized spacial score (nSPS) is 10.7. The van der Waals surface area contributed by atoms with Gasteiger partial charge in [0.25, 0.3) is 5.69 Å². The third kappa shape index (κ3) is 3.13. The van der Waals surface area contributed by atoms with E-state index in [1.807, 2.05) is 41.4 Å². The molecule has 116 valence electrons. The second kappa shape index (κ2) is 6.74. The van der Waals surface area contributed by atoms with Gasteiger partial charge in [0.15, 0.2) is 12.4 Å². The fourth-order valence-electron chi connectivity index (χ4n) is 2.25. The lowest BCUT2D eigenvalue weighted by Crippen LogP contribution is -2.30. The van der Waals surface area contributed by atoms with Crippen molar-refractivity contribution in [2.75, 3.05) is 12.0 Å². The fraction of sp³-hybridized carbons (Fsp3) is 0.0588. The Hall–Kier alpha value is -1.82. The standard InChI is InChI=1S/C17H13ClN2OS2/c1-22-17-14(20-9-3-2-4-10-20)13(19)16(23-17)15(21)11-5-7-12(18)8-6-11/h2-10H,1H3,(H-,19,21)/p+1. The van der Waals surface area contributed by atoms with Crippen LogP contribution in [0.2, 0.25) is 5.02 Å². The number of rotatable bonds is 4. The molecule has 0 saturated carbocycles. The lowest BCUT2D eigenvalue weighted by atomic mass is 10.1. The van der Waals surface area contributed by atoms with Crippen molar-refractivity contribution in [3.8, 4) is 5.69 Å². The zero-order chi connectivity index (χ0) is 16.4. The van der Waals surface area contributed by atoms with E-state index in [-0.39, 0.29) is 5.78 Å². The molecule has 23 heavy (non-hydrogen) atoms. The molecular formula is C17H14ClN2OS2+. The van der Waals surface area contributed by atoms with Crippen molar-refractivity contribution < 1.29 is 9.36 Å². The summed E-state index contributed by atoms with van der Waals surface area (Å²) in [4.78, 5) is 13.3. The van der Waals surface area contributed by atoms with Crippen LogP contribution in [0.4, 0.5) is 5.69 Å². The highest BCUT2D eigenvalue weighted by molar-refractivity contribution is 8.00. The first-order valence-electron chi connectivity index (χ1n) is 6.85. The van der Waals surface area contributed by atoms with Crippen LogP contribution < -0.4 is 10.3 Å². The predicted molar refractivity (Wildman–Crippen MR) is 96.9 cm³/mol. The van der Waals surface area contributed by atoms with Crippen LogP contribution in [0.15, 0.2) is 59.1 Å². The van der Waals surface area contributed by atoms with E-state index in [2.05, 4.69) is 0 Å². The third-order valence-electron chi connectivity index (χ3n) is 3.36. The number of nitrogens with zero attached hydrogens (tertiary/aromatic N) is 1. The molecule has 0 aliphatic rings. The van der Waals surface area contributed by atoms with Crippen LogP contribution >= 0.6 is 34.7 Å². The van der Waals surface area contributed by atoms with E-state index in [1.165, 1.54) is 11.3 Å². The quantitative estimate of drug-likeness (QED) is 0.430. The Morgan fingerprint density at radius 1 is 1.17 bits per heavy atom. The second-order valence-electron chi connectivity index (χ2n) is 4.80. The third-order valence-corrected chi connectivity index (χ3v) is 5.91. The molecule has 2 aromatic heterocycles. The SMILES string of the molecule is CSc1sc(C(=O)c2ccc(Cl)cc2)c(N)c1-[n+]1ccccc1. The largest absolute Gasteiger partial charge is 0.392 e. The first-order chi connectivity index (χ1) is 11.1. The van der Waals surface area contributed by atoms with E-state index in [4.69, 9.17) is 17.3 Å². The number of carbonyl (C=O) groups excluding carboxylic acids is 1. The molecule has 0 radical (unpaired) electrons. The van der Waals surface area contributed by atoms with Crippen molar-refractivity contribution in [2.24, 2.45) is 0 Å². The van der Waals surface area contributed by atoms with E-state index in [1.54, 1.807) is 36.0 Å². The van der Waals surface area contributed by atoms with Crippen LogP contribution in [0.1, 0.15) is 15.2 Å². The fourth-order valence-corrected chi connectivity index (χ4v) is 4.28. The van der Waals surface area contributed by atoms with Gasteiger partial charge in [0.2, 0.25) is 5.78 Å². The zero-order valence-electron chi connectivity index (χ0n) is 12.3. The Morgan fingerprint density at radius 2 is 1.83 bits per heavy atom. The smallest absolute Gasteiger partial charge is 0.259 e. The molecular weight excluding hydrogens is 348 g/mol. The summed E-state index contributed by atoms with van der Waals surface area (Å²) >= 11 is 8.89. The molecule has 0 fully saturated rings. The number of hydrogen-bond acceptors (Lipinski definition) is 4. The Bertz CT molecular complexity index is 845. The van der Waals surface area contributed by atoms with Crippen LogP contribution in [-0.4, -0.2) is 12.0 Å². The first kappa shape index (κ1) is 16.1. The summed E-state index contributed by atoms with van der Waals surface area (Å²) in [5.41, 5.74) is 8.26. The first-order valence-corrected chi connectivity index (χ1v) is 9.27. The maximum absolute atomic E-state index is 12.8. The molecule has 0 aliphatic heterocycles. The maximum atomic E-state index is 12.8. The van der Waals surface area contributed by atoms with Gasteiger partial charge >= 0.3 is 0 Å². The highest BCUT2D eigenvalue weighted by atomic mass is 35.5. The molecule has 3 nitrogen and oxygen atoms in total. The van der Waals surface area contributed by atoms with Crippen molar-refractivity contribution in [1.29, 1.82) is 0 Å². The van der Waals surface area contributed by atoms with Gasteiger partial charge in [0.1, 0.15) is 14.8 Å². The number of benzene rings is 1. The lowest BCUT2D eigenvalue weighted by molar-refractivity contribution is -0.596. The highest BCUT2D eigenvalue weighted by Crippen LogP contribution is 2.38. The summed E-state index contributed by atoms with van der Waals surface area (Å²) in [6.45, 7) is 0. The van der Waals surface area contributed by atoms with Crippen molar-refractivity contribution in [3.63, 3.8) is 0 Å². The summed E-state index contributed by atoms with van der Waals surface area (Å²) < 4.78 is 2.95. The van der Waals surface area contributed by atoms with Gasteiger partial charge in [-0.3, -0.25) is 4.79 Å².